The van der Waals surface area contributed by atoms with Crippen LogP contribution in [0, 0.1) is 6.92 Å². The number of amides is 1. The van der Waals surface area contributed by atoms with Crippen molar-refractivity contribution in [2.24, 2.45) is 0 Å². The van der Waals surface area contributed by atoms with Crippen LogP contribution in [-0.2, 0) is 13.0 Å². The summed E-state index contributed by atoms with van der Waals surface area (Å²) < 4.78 is 0. The van der Waals surface area contributed by atoms with Gasteiger partial charge in [-0.05, 0) is 13.3 Å². The highest BCUT2D eigenvalue weighted by molar-refractivity contribution is 5.96. The summed E-state index contributed by atoms with van der Waals surface area (Å²) >= 11 is 0. The smallest absolute Gasteiger partial charge is 0.270 e. The van der Waals surface area contributed by atoms with Crippen LogP contribution in [0.15, 0.2) is 42.7 Å². The van der Waals surface area contributed by atoms with Gasteiger partial charge in [0.2, 0.25) is 0 Å². The highest BCUT2D eigenvalue weighted by Crippen LogP contribution is 2.25. The fourth-order valence-corrected chi connectivity index (χ4v) is 2.84. The van der Waals surface area contributed by atoms with Gasteiger partial charge in [0.15, 0.2) is 5.82 Å². The topological polar surface area (TPSA) is 92.7 Å². The Bertz CT molecular complexity index is 940. The molecule has 7 nitrogen and oxygen atoms in total. The van der Waals surface area contributed by atoms with E-state index in [2.05, 4.69) is 30.6 Å². The van der Waals surface area contributed by atoms with Crippen LogP contribution in [0.2, 0.25) is 0 Å². The molecule has 2 N–H and O–H groups in total. The molecule has 3 aromatic rings. The maximum atomic E-state index is 12.3. The Kier molecular flexibility index (Phi) is 4.27. The number of aromatic nitrogens is 4. The Hall–Kier alpha value is -3.35. The third kappa shape index (κ3) is 3.23. The second-order valence-electron chi connectivity index (χ2n) is 6.10. The predicted molar refractivity (Wildman–Crippen MR) is 97.6 cm³/mol. The van der Waals surface area contributed by atoms with Crippen LogP contribution >= 0.6 is 0 Å². The van der Waals surface area contributed by atoms with E-state index >= 15 is 0 Å². The number of anilines is 1. The molecule has 0 unspecified atom stereocenters. The molecule has 1 aliphatic rings. The summed E-state index contributed by atoms with van der Waals surface area (Å²) in [6, 6.07) is 9.64. The summed E-state index contributed by atoms with van der Waals surface area (Å²) in [4.78, 5) is 30.1. The molecule has 1 amide bonds. The van der Waals surface area contributed by atoms with Gasteiger partial charge < -0.3 is 10.6 Å². The number of hydrogen-bond donors (Lipinski definition) is 2. The lowest BCUT2D eigenvalue weighted by Gasteiger charge is -2.20. The van der Waals surface area contributed by atoms with E-state index in [1.807, 2.05) is 37.3 Å². The Morgan fingerprint density at radius 3 is 2.73 bits per heavy atom. The first kappa shape index (κ1) is 16.1. The van der Waals surface area contributed by atoms with Crippen LogP contribution in [0.5, 0.6) is 0 Å². The quantitative estimate of drug-likeness (QED) is 0.752. The minimum atomic E-state index is -0.163. The average Bonchev–Trinajstić information content (AvgIpc) is 2.68. The first-order chi connectivity index (χ1) is 12.7. The zero-order valence-electron chi connectivity index (χ0n) is 14.4. The van der Waals surface area contributed by atoms with Crippen molar-refractivity contribution in [3.63, 3.8) is 0 Å². The minimum Gasteiger partial charge on any atom is -0.364 e. The molecule has 26 heavy (non-hydrogen) atoms. The van der Waals surface area contributed by atoms with Gasteiger partial charge >= 0.3 is 0 Å². The lowest BCUT2D eigenvalue weighted by Crippen LogP contribution is -2.34. The van der Waals surface area contributed by atoms with Crippen molar-refractivity contribution in [2.75, 3.05) is 11.9 Å². The molecule has 0 aliphatic carbocycles. The molecule has 0 saturated carbocycles. The van der Waals surface area contributed by atoms with Gasteiger partial charge in [0.1, 0.15) is 11.5 Å². The van der Waals surface area contributed by atoms with Crippen LogP contribution in [0.25, 0.3) is 11.4 Å². The highest BCUT2D eigenvalue weighted by atomic mass is 16.1. The number of aryl methyl sites for hydroxylation is 1. The maximum absolute atomic E-state index is 12.3. The lowest BCUT2D eigenvalue weighted by molar-refractivity contribution is 0.0940. The Balaban J connectivity index is 1.71. The van der Waals surface area contributed by atoms with Crippen molar-refractivity contribution in [2.45, 2.75) is 19.9 Å². The van der Waals surface area contributed by atoms with Gasteiger partial charge in [0, 0.05) is 23.9 Å². The second kappa shape index (κ2) is 6.87. The monoisotopic (exact) mass is 346 g/mol. The Labute approximate surface area is 151 Å². The summed E-state index contributed by atoms with van der Waals surface area (Å²) in [5.41, 5.74) is 3.82. The summed E-state index contributed by atoms with van der Waals surface area (Å²) in [6.07, 6.45) is 4.16. The van der Waals surface area contributed by atoms with Gasteiger partial charge in [-0.1, -0.05) is 30.3 Å². The van der Waals surface area contributed by atoms with Crippen LogP contribution in [0.1, 0.15) is 27.4 Å². The molecule has 1 aliphatic heterocycles. The molecule has 0 spiro atoms. The third-order valence-electron chi connectivity index (χ3n) is 4.19. The molecular formula is C19H18N6O. The molecule has 0 atom stereocenters. The van der Waals surface area contributed by atoms with Gasteiger partial charge in [-0.3, -0.25) is 14.8 Å². The first-order valence-electron chi connectivity index (χ1n) is 8.46. The van der Waals surface area contributed by atoms with Crippen molar-refractivity contribution in [1.29, 1.82) is 0 Å². The third-order valence-corrected chi connectivity index (χ3v) is 4.19. The van der Waals surface area contributed by atoms with Crippen LogP contribution in [0.3, 0.4) is 0 Å². The fourth-order valence-electron chi connectivity index (χ4n) is 2.84. The SMILES string of the molecule is Cc1cnc(CNc2nc(-c3ccccc3)nc3c2CCNC3=O)cn1. The normalized spacial score (nSPS) is 13.0. The Morgan fingerprint density at radius 1 is 1.12 bits per heavy atom. The molecule has 0 saturated heterocycles. The summed E-state index contributed by atoms with van der Waals surface area (Å²) in [7, 11) is 0. The molecule has 7 heteroatoms. The standard InChI is InChI=1S/C19H18N6O/c1-12-9-22-14(10-21-12)11-23-18-15-7-8-20-19(26)16(15)24-17(25-18)13-5-3-2-4-6-13/h2-6,9-10H,7-8,11H2,1H3,(H,20,26)(H,23,24,25). The molecule has 130 valence electrons. The van der Waals surface area contributed by atoms with Gasteiger partial charge in [0.25, 0.3) is 5.91 Å². The number of carbonyl (C=O) groups is 1. The van der Waals surface area contributed by atoms with Crippen molar-refractivity contribution < 1.29 is 4.79 Å². The van der Waals surface area contributed by atoms with Crippen LogP contribution in [0.4, 0.5) is 5.82 Å². The van der Waals surface area contributed by atoms with Crippen LogP contribution < -0.4 is 10.6 Å². The summed E-state index contributed by atoms with van der Waals surface area (Å²) in [6.45, 7) is 2.96. The van der Waals surface area contributed by atoms with Gasteiger partial charge in [-0.2, -0.15) is 0 Å². The average molecular weight is 346 g/mol. The van der Waals surface area contributed by atoms with Crippen molar-refractivity contribution in [3.05, 3.63) is 65.4 Å². The van der Waals surface area contributed by atoms with Crippen molar-refractivity contribution >= 4 is 11.7 Å². The zero-order valence-corrected chi connectivity index (χ0v) is 14.4. The second-order valence-corrected chi connectivity index (χ2v) is 6.10. The molecule has 4 rings (SSSR count). The molecule has 2 aromatic heterocycles. The number of hydrogen-bond acceptors (Lipinski definition) is 6. The van der Waals surface area contributed by atoms with Crippen molar-refractivity contribution in [1.82, 2.24) is 25.3 Å². The van der Waals surface area contributed by atoms with Crippen molar-refractivity contribution in [3.8, 4) is 11.4 Å². The molecule has 0 bridgehead atoms. The number of rotatable bonds is 4. The number of carbonyl (C=O) groups excluding carboxylic acids is 1. The summed E-state index contributed by atoms with van der Waals surface area (Å²) in [5, 5.41) is 6.15. The maximum Gasteiger partial charge on any atom is 0.270 e. The van der Waals surface area contributed by atoms with E-state index in [1.165, 1.54) is 0 Å². The molecule has 0 fully saturated rings. The fraction of sp³-hybridized carbons (Fsp3) is 0.211. The van der Waals surface area contributed by atoms with E-state index < -0.39 is 0 Å². The molecule has 0 radical (unpaired) electrons. The van der Waals surface area contributed by atoms with E-state index in [0.29, 0.717) is 36.8 Å². The largest absolute Gasteiger partial charge is 0.364 e. The summed E-state index contributed by atoms with van der Waals surface area (Å²) in [5.74, 6) is 1.04. The van der Waals surface area contributed by atoms with E-state index in [0.717, 1.165) is 22.5 Å². The number of benzene rings is 1. The minimum absolute atomic E-state index is 0.163. The Morgan fingerprint density at radius 2 is 1.96 bits per heavy atom. The van der Waals surface area contributed by atoms with E-state index in [-0.39, 0.29) is 5.91 Å². The number of nitrogens with one attached hydrogen (secondary N) is 2. The predicted octanol–water partition coefficient (Wildman–Crippen LogP) is 2.14. The first-order valence-corrected chi connectivity index (χ1v) is 8.46. The van der Waals surface area contributed by atoms with Gasteiger partial charge in [-0.25, -0.2) is 9.97 Å². The van der Waals surface area contributed by atoms with Gasteiger partial charge in [-0.15, -0.1) is 0 Å². The lowest BCUT2D eigenvalue weighted by atomic mass is 10.1. The number of nitrogens with zero attached hydrogens (tertiary/aromatic N) is 4. The zero-order chi connectivity index (χ0) is 17.9. The van der Waals surface area contributed by atoms with E-state index in [4.69, 9.17) is 0 Å². The highest BCUT2D eigenvalue weighted by Gasteiger charge is 2.24. The molecule has 1 aromatic carbocycles. The molecule has 3 heterocycles. The van der Waals surface area contributed by atoms with E-state index in [1.54, 1.807) is 12.4 Å². The van der Waals surface area contributed by atoms with Crippen LogP contribution in [-0.4, -0.2) is 32.4 Å². The number of fused-ring (bicyclic) bond motifs is 1. The molecular weight excluding hydrogens is 328 g/mol. The van der Waals surface area contributed by atoms with E-state index in [9.17, 15) is 4.79 Å². The van der Waals surface area contributed by atoms with Gasteiger partial charge in [0.05, 0.1) is 24.1 Å².